The van der Waals surface area contributed by atoms with Gasteiger partial charge in [-0.2, -0.15) is 0 Å². The maximum Gasteiger partial charge on any atom is 0.335 e. The van der Waals surface area contributed by atoms with E-state index >= 15 is 0 Å². The molecule has 2 heterocycles. The van der Waals surface area contributed by atoms with Gasteiger partial charge in [0.25, 0.3) is 13.9 Å². The first-order chi connectivity index (χ1) is 22.6. The molecule has 4 aromatic rings. The number of aryl methyl sites for hydroxylation is 1. The summed E-state index contributed by atoms with van der Waals surface area (Å²) in [7, 11) is -1.23. The van der Waals surface area contributed by atoms with Crippen LogP contribution in [0.15, 0.2) is 119 Å². The fourth-order valence-electron chi connectivity index (χ4n) is 6.79. The van der Waals surface area contributed by atoms with E-state index in [1.54, 1.807) is 20.2 Å². The van der Waals surface area contributed by atoms with Gasteiger partial charge >= 0.3 is 5.69 Å². The van der Waals surface area contributed by atoms with Gasteiger partial charge in [-0.25, -0.2) is 9.36 Å². The average Bonchev–Trinajstić information content (AvgIpc) is 3.42. The van der Waals surface area contributed by atoms with Gasteiger partial charge in [0.15, 0.2) is 6.23 Å². The van der Waals surface area contributed by atoms with Crippen molar-refractivity contribution < 1.29 is 18.6 Å². The van der Waals surface area contributed by atoms with E-state index in [1.807, 2.05) is 48.5 Å². The largest absolute Gasteiger partial charge is 0.405 e. The van der Waals surface area contributed by atoms with Crippen LogP contribution in [-0.4, -0.2) is 43.4 Å². The number of hydrogen-bond acceptors (Lipinski definition) is 6. The van der Waals surface area contributed by atoms with Crippen molar-refractivity contribution in [2.24, 2.45) is 5.92 Å². The lowest BCUT2D eigenvalue weighted by atomic mass is 9.94. The Morgan fingerprint density at radius 1 is 0.915 bits per heavy atom. The third-order valence-electron chi connectivity index (χ3n) is 9.06. The van der Waals surface area contributed by atoms with Gasteiger partial charge in [-0.15, -0.1) is 6.58 Å². The molecule has 4 atom stereocenters. The van der Waals surface area contributed by atoms with E-state index in [-0.39, 0.29) is 30.9 Å². The maximum absolute atomic E-state index is 13.9. The molecular formula is C38H46N2O6Si. The molecule has 3 unspecified atom stereocenters. The number of benzene rings is 3. The second-order valence-corrected chi connectivity index (χ2v) is 17.4. The zero-order valence-electron chi connectivity index (χ0n) is 28.0. The van der Waals surface area contributed by atoms with Crippen molar-refractivity contribution in [2.45, 2.75) is 70.9 Å². The number of allylic oxidation sites excluding steroid dienone is 1. The molecule has 8 nitrogen and oxygen atoms in total. The van der Waals surface area contributed by atoms with Gasteiger partial charge in [0, 0.05) is 24.8 Å². The van der Waals surface area contributed by atoms with Crippen molar-refractivity contribution in [1.82, 2.24) is 9.13 Å². The third kappa shape index (κ3) is 7.05. The van der Waals surface area contributed by atoms with E-state index in [1.165, 1.54) is 14.9 Å². The second-order valence-electron chi connectivity index (χ2n) is 13.1. The summed E-state index contributed by atoms with van der Waals surface area (Å²) in [5, 5.41) is 2.13. The summed E-state index contributed by atoms with van der Waals surface area (Å²) in [6.07, 6.45) is 2.32. The molecule has 0 radical (unpaired) electrons. The van der Waals surface area contributed by atoms with Crippen molar-refractivity contribution in [1.29, 1.82) is 0 Å². The molecule has 47 heavy (non-hydrogen) atoms. The Labute approximate surface area is 278 Å². The number of rotatable bonds is 13. The molecule has 1 fully saturated rings. The van der Waals surface area contributed by atoms with Crippen molar-refractivity contribution in [3.8, 4) is 0 Å². The molecule has 3 aromatic carbocycles. The lowest BCUT2D eigenvalue weighted by molar-refractivity contribution is -0.0628. The first kappa shape index (κ1) is 34.5. The Balaban J connectivity index is 1.48. The highest BCUT2D eigenvalue weighted by atomic mass is 28.4. The highest BCUT2D eigenvalue weighted by molar-refractivity contribution is 6.99. The summed E-state index contributed by atoms with van der Waals surface area (Å²) in [6, 6.07) is 30.6. The maximum atomic E-state index is 13.9. The Morgan fingerprint density at radius 2 is 1.49 bits per heavy atom. The lowest BCUT2D eigenvalue weighted by Crippen LogP contribution is -2.67. The van der Waals surface area contributed by atoms with Gasteiger partial charge < -0.3 is 18.6 Å². The highest BCUT2D eigenvalue weighted by Gasteiger charge is 2.52. The fourth-order valence-corrected chi connectivity index (χ4v) is 11.4. The van der Waals surface area contributed by atoms with Gasteiger partial charge in [0.1, 0.15) is 12.8 Å². The van der Waals surface area contributed by atoms with Gasteiger partial charge in [-0.1, -0.05) is 118 Å². The van der Waals surface area contributed by atoms with Crippen LogP contribution < -0.4 is 21.6 Å². The minimum Gasteiger partial charge on any atom is -0.405 e. The molecule has 0 aliphatic carbocycles. The Kier molecular flexibility index (Phi) is 10.9. The molecule has 0 spiro atoms. The predicted molar refractivity (Wildman–Crippen MR) is 188 cm³/mol. The van der Waals surface area contributed by atoms with E-state index in [0.717, 1.165) is 10.1 Å². The monoisotopic (exact) mass is 654 g/mol. The van der Waals surface area contributed by atoms with Crippen LogP contribution in [-0.2, 0) is 32.0 Å². The number of nitrogens with zero attached hydrogens (tertiary/aromatic N) is 2. The zero-order valence-corrected chi connectivity index (χ0v) is 29.0. The van der Waals surface area contributed by atoms with E-state index in [9.17, 15) is 9.59 Å². The van der Waals surface area contributed by atoms with E-state index in [0.29, 0.717) is 12.0 Å². The van der Waals surface area contributed by atoms with Crippen LogP contribution in [0.25, 0.3) is 0 Å². The van der Waals surface area contributed by atoms with Crippen LogP contribution in [0, 0.1) is 12.8 Å². The Hall–Kier alpha value is -3.86. The third-order valence-corrected chi connectivity index (χ3v) is 14.1. The topological polar surface area (TPSA) is 80.9 Å². The fraction of sp³-hybridized carbons (Fsp3) is 0.368. The molecule has 1 aliphatic heterocycles. The molecule has 0 amide bonds. The van der Waals surface area contributed by atoms with Crippen LogP contribution in [0.5, 0.6) is 0 Å². The van der Waals surface area contributed by atoms with Crippen molar-refractivity contribution in [2.75, 3.05) is 13.7 Å². The SMILES string of the molecule is C=CCC1C(OC)C(n2cc(C)c(=O)n(COCc3ccccc3)c2=O)O[C@@H]1CO[Si](c1ccccc1)(c1ccccc1)C(C)(C)C. The van der Waals surface area contributed by atoms with Gasteiger partial charge in [-0.3, -0.25) is 9.36 Å². The number of methoxy groups -OCH3 is 1. The van der Waals surface area contributed by atoms with Gasteiger partial charge in [-0.05, 0) is 34.3 Å². The average molecular weight is 655 g/mol. The smallest absolute Gasteiger partial charge is 0.335 e. The second kappa shape index (κ2) is 14.9. The number of ether oxygens (including phenoxy) is 3. The van der Waals surface area contributed by atoms with Crippen LogP contribution in [0.1, 0.15) is 44.5 Å². The summed E-state index contributed by atoms with van der Waals surface area (Å²) in [4.78, 5) is 27.0. The molecular weight excluding hydrogens is 609 g/mol. The summed E-state index contributed by atoms with van der Waals surface area (Å²) in [5.41, 5.74) is 0.425. The number of aromatic nitrogens is 2. The molecule has 5 rings (SSSR count). The van der Waals surface area contributed by atoms with Crippen LogP contribution >= 0.6 is 0 Å². The lowest BCUT2D eigenvalue weighted by Gasteiger charge is -2.43. The number of hydrogen-bond donors (Lipinski definition) is 0. The zero-order chi connectivity index (χ0) is 33.6. The summed E-state index contributed by atoms with van der Waals surface area (Å²) >= 11 is 0. The summed E-state index contributed by atoms with van der Waals surface area (Å²) < 4.78 is 28.4. The standard InChI is InChI=1S/C38H46N2O6Si/c1-7-17-32-33(26-45-47(38(3,4)5,30-20-13-9-14-21-30)31-22-15-10-16-23-31)46-36(34(32)43-6)39-24-28(2)35(41)40(37(39)42)27-44-25-29-18-11-8-12-19-29/h7-16,18-24,32-34,36H,1,17,25-27H2,2-6H3/t32?,33-,34?,36?/m1/s1. The summed E-state index contributed by atoms with van der Waals surface area (Å²) in [5.74, 6) is -0.150. The molecule has 0 N–H and O–H groups in total. The van der Waals surface area contributed by atoms with Gasteiger partial charge in [0.2, 0.25) is 0 Å². The minimum absolute atomic E-state index is 0.150. The minimum atomic E-state index is -2.86. The normalized spacial score (nSPS) is 19.9. The van der Waals surface area contributed by atoms with Gasteiger partial charge in [0.05, 0.1) is 19.3 Å². The van der Waals surface area contributed by atoms with Crippen molar-refractivity contribution in [3.63, 3.8) is 0 Å². The van der Waals surface area contributed by atoms with Crippen LogP contribution in [0.2, 0.25) is 5.04 Å². The molecule has 248 valence electrons. The molecule has 1 aromatic heterocycles. The highest BCUT2D eigenvalue weighted by Crippen LogP contribution is 2.41. The van der Waals surface area contributed by atoms with Crippen LogP contribution in [0.3, 0.4) is 0 Å². The Bertz CT molecular complexity index is 1690. The van der Waals surface area contributed by atoms with Crippen molar-refractivity contribution in [3.05, 3.63) is 142 Å². The molecule has 0 bridgehead atoms. The molecule has 9 heteroatoms. The molecule has 0 saturated carbocycles. The van der Waals surface area contributed by atoms with Crippen LogP contribution in [0.4, 0.5) is 0 Å². The van der Waals surface area contributed by atoms with E-state index in [2.05, 4.69) is 75.9 Å². The first-order valence-corrected chi connectivity index (χ1v) is 18.0. The van der Waals surface area contributed by atoms with E-state index in [4.69, 9.17) is 18.6 Å². The quantitative estimate of drug-likeness (QED) is 0.146. The van der Waals surface area contributed by atoms with Crippen molar-refractivity contribution >= 4 is 18.7 Å². The first-order valence-electron chi connectivity index (χ1n) is 16.1. The molecule has 1 saturated heterocycles. The summed E-state index contributed by atoms with van der Waals surface area (Å²) in [6.45, 7) is 12.8. The molecule has 1 aliphatic rings. The van der Waals surface area contributed by atoms with E-state index < -0.39 is 38.0 Å². The Morgan fingerprint density at radius 3 is 2.02 bits per heavy atom. The predicted octanol–water partition coefficient (Wildman–Crippen LogP) is 5.17.